The molecule has 0 radical (unpaired) electrons. The van der Waals surface area contributed by atoms with Crippen LogP contribution in [0.4, 0.5) is 0 Å². The second-order valence-corrected chi connectivity index (χ2v) is 6.59. The first-order valence-corrected chi connectivity index (χ1v) is 8.46. The second-order valence-electron chi connectivity index (χ2n) is 6.59. The number of hydrogen-bond acceptors (Lipinski definition) is 4. The zero-order chi connectivity index (χ0) is 17.2. The molecule has 1 atom stereocenters. The first-order chi connectivity index (χ1) is 11.6. The van der Waals surface area contributed by atoms with Crippen molar-refractivity contribution in [1.82, 2.24) is 9.88 Å². The Balaban J connectivity index is 1.83. The third-order valence-electron chi connectivity index (χ3n) is 5.13. The van der Waals surface area contributed by atoms with Crippen molar-refractivity contribution in [2.24, 2.45) is 5.41 Å². The van der Waals surface area contributed by atoms with Crippen LogP contribution < -0.4 is 4.74 Å². The number of hydrogen-bond donors (Lipinski definition) is 1. The number of methoxy groups -OCH3 is 1. The summed E-state index contributed by atoms with van der Waals surface area (Å²) in [4.78, 5) is 18.7. The van der Waals surface area contributed by atoms with Crippen LogP contribution in [-0.4, -0.2) is 41.2 Å². The highest BCUT2D eigenvalue weighted by molar-refractivity contribution is 5.84. The molecule has 1 aromatic carbocycles. The van der Waals surface area contributed by atoms with E-state index >= 15 is 0 Å². The number of carbonyl (C=O) groups is 1. The molecule has 24 heavy (non-hydrogen) atoms. The SMILES string of the molecule is CCC1(C(=O)O)CCCN(Cc2ccc3cccc(OC)c3n2)C1. The molecular formula is C19H24N2O3. The molecule has 1 saturated heterocycles. The molecule has 5 heteroatoms. The van der Waals surface area contributed by atoms with Gasteiger partial charge in [0.2, 0.25) is 0 Å². The van der Waals surface area contributed by atoms with Gasteiger partial charge in [0.25, 0.3) is 0 Å². The van der Waals surface area contributed by atoms with E-state index in [0.717, 1.165) is 41.7 Å². The van der Waals surface area contributed by atoms with Crippen LogP contribution >= 0.6 is 0 Å². The molecule has 0 bridgehead atoms. The zero-order valence-corrected chi connectivity index (χ0v) is 14.3. The molecule has 0 amide bonds. The third-order valence-corrected chi connectivity index (χ3v) is 5.13. The minimum Gasteiger partial charge on any atom is -0.494 e. The predicted octanol–water partition coefficient (Wildman–Crippen LogP) is 3.32. The van der Waals surface area contributed by atoms with Gasteiger partial charge in [-0.3, -0.25) is 9.69 Å². The summed E-state index contributed by atoms with van der Waals surface area (Å²) >= 11 is 0. The molecule has 0 saturated carbocycles. The number of ether oxygens (including phenoxy) is 1. The smallest absolute Gasteiger partial charge is 0.310 e. The Morgan fingerprint density at radius 2 is 2.21 bits per heavy atom. The molecule has 1 N–H and O–H groups in total. The average molecular weight is 328 g/mol. The number of fused-ring (bicyclic) bond motifs is 1. The number of para-hydroxylation sites is 1. The van der Waals surface area contributed by atoms with Crippen molar-refractivity contribution in [1.29, 1.82) is 0 Å². The standard InChI is InChI=1S/C19H24N2O3/c1-3-19(18(22)23)10-5-11-21(13-19)12-15-9-8-14-6-4-7-16(24-2)17(14)20-15/h4,6-9H,3,5,10-13H2,1-2H3,(H,22,23). The number of carboxylic acid groups (broad SMARTS) is 1. The van der Waals surface area contributed by atoms with E-state index in [0.29, 0.717) is 19.5 Å². The van der Waals surface area contributed by atoms with Gasteiger partial charge in [-0.25, -0.2) is 4.98 Å². The molecule has 2 aromatic rings. The number of nitrogens with zero attached hydrogens (tertiary/aromatic N) is 2. The van der Waals surface area contributed by atoms with Gasteiger partial charge in [0.15, 0.2) is 0 Å². The molecule has 3 rings (SSSR count). The maximum Gasteiger partial charge on any atom is 0.310 e. The minimum atomic E-state index is -0.678. The first kappa shape index (κ1) is 16.7. The van der Waals surface area contributed by atoms with Crippen molar-refractivity contribution < 1.29 is 14.6 Å². The Morgan fingerprint density at radius 1 is 1.38 bits per heavy atom. The summed E-state index contributed by atoms with van der Waals surface area (Å²) < 4.78 is 5.40. The van der Waals surface area contributed by atoms with Gasteiger partial charge in [0, 0.05) is 18.5 Å². The van der Waals surface area contributed by atoms with E-state index in [1.165, 1.54) is 0 Å². The quantitative estimate of drug-likeness (QED) is 0.912. The highest BCUT2D eigenvalue weighted by Crippen LogP contribution is 2.34. The molecule has 1 aliphatic rings. The van der Waals surface area contributed by atoms with E-state index in [9.17, 15) is 9.90 Å². The number of pyridine rings is 1. The fraction of sp³-hybridized carbons (Fsp3) is 0.474. The average Bonchev–Trinajstić information content (AvgIpc) is 2.61. The number of aliphatic carboxylic acids is 1. The van der Waals surface area contributed by atoms with Gasteiger partial charge in [0.1, 0.15) is 11.3 Å². The van der Waals surface area contributed by atoms with Crippen LogP contribution in [-0.2, 0) is 11.3 Å². The Kier molecular flexibility index (Phi) is 4.71. The van der Waals surface area contributed by atoms with Gasteiger partial charge in [-0.2, -0.15) is 0 Å². The van der Waals surface area contributed by atoms with Crippen molar-refractivity contribution in [3.63, 3.8) is 0 Å². The summed E-state index contributed by atoms with van der Waals surface area (Å²) in [6.45, 7) is 4.14. The molecule has 1 unspecified atom stereocenters. The summed E-state index contributed by atoms with van der Waals surface area (Å²) in [6.07, 6.45) is 2.34. The number of carboxylic acids is 1. The van der Waals surface area contributed by atoms with E-state index in [1.807, 2.05) is 31.2 Å². The van der Waals surface area contributed by atoms with E-state index in [-0.39, 0.29) is 0 Å². The van der Waals surface area contributed by atoms with Gasteiger partial charge in [-0.1, -0.05) is 25.1 Å². The maximum absolute atomic E-state index is 11.7. The molecule has 1 fully saturated rings. The van der Waals surface area contributed by atoms with Gasteiger partial charge >= 0.3 is 5.97 Å². The van der Waals surface area contributed by atoms with Crippen molar-refractivity contribution in [3.8, 4) is 5.75 Å². The molecular weight excluding hydrogens is 304 g/mol. The molecule has 0 aliphatic carbocycles. The highest BCUT2D eigenvalue weighted by Gasteiger charge is 2.40. The molecule has 1 aromatic heterocycles. The Labute approximate surface area is 142 Å². The summed E-state index contributed by atoms with van der Waals surface area (Å²) in [7, 11) is 1.65. The lowest BCUT2D eigenvalue weighted by atomic mass is 9.77. The molecule has 2 heterocycles. The van der Waals surface area contributed by atoms with Crippen molar-refractivity contribution in [3.05, 3.63) is 36.0 Å². The number of piperidine rings is 1. The molecule has 1 aliphatic heterocycles. The van der Waals surface area contributed by atoms with Crippen LogP contribution in [0.5, 0.6) is 5.75 Å². The lowest BCUT2D eigenvalue weighted by Crippen LogP contribution is -2.47. The number of aromatic nitrogens is 1. The number of rotatable bonds is 5. The van der Waals surface area contributed by atoms with Crippen LogP contribution in [0.25, 0.3) is 10.9 Å². The zero-order valence-electron chi connectivity index (χ0n) is 14.3. The molecule has 128 valence electrons. The van der Waals surface area contributed by atoms with Crippen LogP contribution in [0, 0.1) is 5.41 Å². The largest absolute Gasteiger partial charge is 0.494 e. The Morgan fingerprint density at radius 3 is 2.92 bits per heavy atom. The van der Waals surface area contributed by atoms with E-state index < -0.39 is 11.4 Å². The van der Waals surface area contributed by atoms with Gasteiger partial charge in [-0.05, 0) is 37.9 Å². The molecule has 5 nitrogen and oxygen atoms in total. The van der Waals surface area contributed by atoms with Gasteiger partial charge in [0.05, 0.1) is 18.2 Å². The topological polar surface area (TPSA) is 62.7 Å². The lowest BCUT2D eigenvalue weighted by Gasteiger charge is -2.39. The van der Waals surface area contributed by atoms with Crippen molar-refractivity contribution >= 4 is 16.9 Å². The first-order valence-electron chi connectivity index (χ1n) is 8.46. The van der Waals surface area contributed by atoms with Gasteiger partial charge in [-0.15, -0.1) is 0 Å². The normalized spacial score (nSPS) is 21.8. The third kappa shape index (κ3) is 3.08. The lowest BCUT2D eigenvalue weighted by molar-refractivity contribution is -0.153. The van der Waals surface area contributed by atoms with Crippen molar-refractivity contribution in [2.75, 3.05) is 20.2 Å². The van der Waals surface area contributed by atoms with Crippen LogP contribution in [0.2, 0.25) is 0 Å². The van der Waals surface area contributed by atoms with Gasteiger partial charge < -0.3 is 9.84 Å². The fourth-order valence-corrected chi connectivity index (χ4v) is 3.62. The molecule has 0 spiro atoms. The summed E-state index contributed by atoms with van der Waals surface area (Å²) in [5.74, 6) is 0.0873. The van der Waals surface area contributed by atoms with Crippen LogP contribution in [0.1, 0.15) is 31.9 Å². The number of benzene rings is 1. The second kappa shape index (κ2) is 6.77. The summed E-state index contributed by atoms with van der Waals surface area (Å²) in [5.41, 5.74) is 1.19. The van der Waals surface area contributed by atoms with Crippen molar-refractivity contribution in [2.45, 2.75) is 32.7 Å². The minimum absolute atomic E-state index is 0.588. The summed E-state index contributed by atoms with van der Waals surface area (Å²) in [6, 6.07) is 9.95. The van der Waals surface area contributed by atoms with Crippen LogP contribution in [0.15, 0.2) is 30.3 Å². The Hall–Kier alpha value is -2.14. The van der Waals surface area contributed by atoms with Crippen LogP contribution in [0.3, 0.4) is 0 Å². The maximum atomic E-state index is 11.7. The van der Waals surface area contributed by atoms with E-state index in [1.54, 1.807) is 7.11 Å². The number of likely N-dealkylation sites (tertiary alicyclic amines) is 1. The summed E-state index contributed by atoms with van der Waals surface area (Å²) in [5, 5.41) is 10.7. The highest BCUT2D eigenvalue weighted by atomic mass is 16.5. The van der Waals surface area contributed by atoms with E-state index in [4.69, 9.17) is 9.72 Å². The fourth-order valence-electron chi connectivity index (χ4n) is 3.62. The predicted molar refractivity (Wildman–Crippen MR) is 93.2 cm³/mol. The van der Waals surface area contributed by atoms with E-state index in [2.05, 4.69) is 11.0 Å². The Bertz CT molecular complexity index is 746. The monoisotopic (exact) mass is 328 g/mol.